The summed E-state index contributed by atoms with van der Waals surface area (Å²) in [5.74, 6) is 0.108. The number of hydrogen-bond acceptors (Lipinski definition) is 1. The molecule has 1 rings (SSSR count). The summed E-state index contributed by atoms with van der Waals surface area (Å²) in [5, 5.41) is 0. The van der Waals surface area contributed by atoms with Crippen LogP contribution in [0.3, 0.4) is 0 Å². The predicted octanol–water partition coefficient (Wildman–Crippen LogP) is -2.28. The number of halogens is 1. The van der Waals surface area contributed by atoms with Gasteiger partial charge in [-0.3, -0.25) is 4.79 Å². The van der Waals surface area contributed by atoms with Gasteiger partial charge in [0.1, 0.15) is 7.05 Å². The second-order valence-corrected chi connectivity index (χ2v) is 2.31. The molecule has 0 saturated carbocycles. The molecule has 0 unspecified atom stereocenters. The van der Waals surface area contributed by atoms with Crippen molar-refractivity contribution < 1.29 is 33.3 Å². The fraction of sp³-hybridized carbons (Fsp3) is 0.250. The fourth-order valence-corrected chi connectivity index (χ4v) is 0.796. The van der Waals surface area contributed by atoms with Crippen molar-refractivity contribution >= 4 is 5.78 Å². The SMILES string of the molecule is CC(=O)c1ccc[n+](C)c1.[I-]. The van der Waals surface area contributed by atoms with Crippen molar-refractivity contribution in [1.82, 2.24) is 0 Å². The van der Waals surface area contributed by atoms with Crippen LogP contribution in [0.5, 0.6) is 0 Å². The molecule has 11 heavy (non-hydrogen) atoms. The number of aryl methyl sites for hydroxylation is 1. The first-order valence-electron chi connectivity index (χ1n) is 3.16. The summed E-state index contributed by atoms with van der Waals surface area (Å²) in [4.78, 5) is 10.8. The van der Waals surface area contributed by atoms with Crippen molar-refractivity contribution in [1.29, 1.82) is 0 Å². The van der Waals surface area contributed by atoms with Gasteiger partial charge in [0.2, 0.25) is 0 Å². The molecule has 0 amide bonds. The summed E-state index contributed by atoms with van der Waals surface area (Å²) in [5.41, 5.74) is 0.755. The summed E-state index contributed by atoms with van der Waals surface area (Å²) in [7, 11) is 1.90. The highest BCUT2D eigenvalue weighted by molar-refractivity contribution is 5.93. The molecule has 0 aliphatic rings. The molecule has 0 radical (unpaired) electrons. The second-order valence-electron chi connectivity index (χ2n) is 2.31. The summed E-state index contributed by atoms with van der Waals surface area (Å²) >= 11 is 0. The van der Waals surface area contributed by atoms with Gasteiger partial charge in [0.25, 0.3) is 0 Å². The van der Waals surface area contributed by atoms with Crippen LogP contribution in [0.2, 0.25) is 0 Å². The number of hydrogen-bond donors (Lipinski definition) is 0. The maximum atomic E-state index is 10.8. The van der Waals surface area contributed by atoms with E-state index in [4.69, 9.17) is 0 Å². The topological polar surface area (TPSA) is 20.9 Å². The average molecular weight is 263 g/mol. The van der Waals surface area contributed by atoms with E-state index in [1.807, 2.05) is 36.1 Å². The minimum Gasteiger partial charge on any atom is -1.00 e. The van der Waals surface area contributed by atoms with Crippen molar-refractivity contribution in [2.75, 3.05) is 0 Å². The monoisotopic (exact) mass is 263 g/mol. The molecule has 0 aromatic carbocycles. The van der Waals surface area contributed by atoms with Crippen molar-refractivity contribution in [2.45, 2.75) is 6.92 Å². The molecule has 1 aromatic heterocycles. The van der Waals surface area contributed by atoms with E-state index in [-0.39, 0.29) is 29.8 Å². The second kappa shape index (κ2) is 4.43. The Labute approximate surface area is 83.3 Å². The Bertz CT molecular complexity index is 260. The lowest BCUT2D eigenvalue weighted by Crippen LogP contribution is -3.00. The number of carbonyl (C=O) groups excluding carboxylic acids is 1. The van der Waals surface area contributed by atoms with E-state index in [2.05, 4.69) is 0 Å². The number of nitrogens with zero attached hydrogens (tertiary/aromatic N) is 1. The van der Waals surface area contributed by atoms with Gasteiger partial charge >= 0.3 is 0 Å². The maximum absolute atomic E-state index is 10.8. The van der Waals surface area contributed by atoms with Gasteiger partial charge in [-0.1, -0.05) is 0 Å². The zero-order valence-electron chi connectivity index (χ0n) is 6.54. The highest BCUT2D eigenvalue weighted by Gasteiger charge is 2.01. The highest BCUT2D eigenvalue weighted by atomic mass is 127. The highest BCUT2D eigenvalue weighted by Crippen LogP contribution is 1.93. The van der Waals surface area contributed by atoms with Crippen molar-refractivity contribution in [2.24, 2.45) is 7.05 Å². The Morgan fingerprint density at radius 2 is 2.18 bits per heavy atom. The van der Waals surface area contributed by atoms with E-state index in [9.17, 15) is 4.79 Å². The summed E-state index contributed by atoms with van der Waals surface area (Å²) in [6, 6.07) is 3.67. The van der Waals surface area contributed by atoms with Crippen molar-refractivity contribution in [3.05, 3.63) is 30.1 Å². The fourth-order valence-electron chi connectivity index (χ4n) is 0.796. The molecule has 0 bridgehead atoms. The summed E-state index contributed by atoms with van der Waals surface area (Å²) in [6.07, 6.45) is 3.70. The van der Waals surface area contributed by atoms with Crippen LogP contribution in [0.1, 0.15) is 17.3 Å². The Kier molecular flexibility index (Phi) is 4.25. The number of Topliss-reactive ketones (excluding diaryl/α,β-unsaturated/α-hetero) is 1. The molecule has 0 atom stereocenters. The van der Waals surface area contributed by atoms with E-state index in [1.165, 1.54) is 0 Å². The van der Waals surface area contributed by atoms with Crippen LogP contribution in [-0.4, -0.2) is 5.78 Å². The van der Waals surface area contributed by atoms with Crippen molar-refractivity contribution in [3.63, 3.8) is 0 Å². The van der Waals surface area contributed by atoms with Gasteiger partial charge in [-0.05, 0) is 13.0 Å². The first-order valence-corrected chi connectivity index (χ1v) is 3.16. The van der Waals surface area contributed by atoms with Crippen LogP contribution in [-0.2, 0) is 7.05 Å². The van der Waals surface area contributed by atoms with E-state index in [0.717, 1.165) is 5.56 Å². The molecule has 1 heterocycles. The van der Waals surface area contributed by atoms with Gasteiger partial charge in [0, 0.05) is 6.07 Å². The Balaban J connectivity index is 0.000001000. The number of rotatable bonds is 1. The lowest BCUT2D eigenvalue weighted by molar-refractivity contribution is -0.671. The third-order valence-corrected chi connectivity index (χ3v) is 1.35. The number of aromatic nitrogens is 1. The quantitative estimate of drug-likeness (QED) is 0.318. The summed E-state index contributed by atoms with van der Waals surface area (Å²) in [6.45, 7) is 1.56. The Morgan fingerprint density at radius 1 is 1.55 bits per heavy atom. The van der Waals surface area contributed by atoms with Gasteiger partial charge in [-0.15, -0.1) is 0 Å². The average Bonchev–Trinajstić information content (AvgIpc) is 1.88. The van der Waals surface area contributed by atoms with Crippen LogP contribution >= 0.6 is 0 Å². The van der Waals surface area contributed by atoms with Crippen LogP contribution in [0, 0.1) is 0 Å². The predicted molar refractivity (Wildman–Crippen MR) is 37.6 cm³/mol. The van der Waals surface area contributed by atoms with Crippen LogP contribution in [0.15, 0.2) is 24.5 Å². The van der Waals surface area contributed by atoms with Crippen molar-refractivity contribution in [3.8, 4) is 0 Å². The number of carbonyl (C=O) groups is 1. The third-order valence-electron chi connectivity index (χ3n) is 1.35. The van der Waals surface area contributed by atoms with Gasteiger partial charge < -0.3 is 24.0 Å². The van der Waals surface area contributed by atoms with Gasteiger partial charge in [0.15, 0.2) is 18.2 Å². The molecule has 1 aromatic rings. The first kappa shape index (κ1) is 10.6. The lowest BCUT2D eigenvalue weighted by Gasteiger charge is -1.89. The molecule has 0 fully saturated rings. The van der Waals surface area contributed by atoms with Crippen LogP contribution in [0.4, 0.5) is 0 Å². The molecule has 0 aliphatic heterocycles. The molecular formula is C8H10INO. The number of ketones is 1. The summed E-state index contributed by atoms with van der Waals surface area (Å²) < 4.78 is 1.86. The zero-order chi connectivity index (χ0) is 7.56. The normalized spacial score (nSPS) is 8.55. The minimum absolute atomic E-state index is 0. The van der Waals surface area contributed by atoms with Crippen LogP contribution < -0.4 is 28.5 Å². The first-order chi connectivity index (χ1) is 4.70. The minimum atomic E-state index is 0. The Hall–Kier alpha value is -0.450. The van der Waals surface area contributed by atoms with E-state index < -0.39 is 0 Å². The van der Waals surface area contributed by atoms with E-state index in [0.29, 0.717) is 0 Å². The third kappa shape index (κ3) is 2.96. The van der Waals surface area contributed by atoms with Gasteiger partial charge in [-0.2, -0.15) is 0 Å². The van der Waals surface area contributed by atoms with Gasteiger partial charge in [-0.25, -0.2) is 4.57 Å². The molecule has 60 valence electrons. The molecule has 0 N–H and O–H groups in total. The van der Waals surface area contributed by atoms with E-state index in [1.54, 1.807) is 6.92 Å². The smallest absolute Gasteiger partial charge is 0.179 e. The maximum Gasteiger partial charge on any atom is 0.179 e. The zero-order valence-corrected chi connectivity index (χ0v) is 8.70. The van der Waals surface area contributed by atoms with Gasteiger partial charge in [0.05, 0.1) is 5.56 Å². The molecule has 0 aliphatic carbocycles. The molecule has 3 heteroatoms. The Morgan fingerprint density at radius 3 is 2.55 bits per heavy atom. The standard InChI is InChI=1S/C8H10NO.HI/c1-7(10)8-4-3-5-9(2)6-8;/h3-6H,1-2H3;1H/q+1;/p-1. The lowest BCUT2D eigenvalue weighted by atomic mass is 10.2. The molecule has 2 nitrogen and oxygen atoms in total. The molecule has 0 saturated heterocycles. The van der Waals surface area contributed by atoms with Crippen LogP contribution in [0.25, 0.3) is 0 Å². The molecule has 0 spiro atoms. The van der Waals surface area contributed by atoms with E-state index >= 15 is 0 Å². The number of pyridine rings is 1. The molecular weight excluding hydrogens is 253 g/mol. The largest absolute Gasteiger partial charge is 1.00 e.